The zero-order valence-corrected chi connectivity index (χ0v) is 11.4. The van der Waals surface area contributed by atoms with E-state index in [-0.39, 0.29) is 5.82 Å². The molecule has 2 rings (SSSR count). The van der Waals surface area contributed by atoms with Crippen LogP contribution in [0.25, 0.3) is 0 Å². The molecule has 0 unspecified atom stereocenters. The highest BCUT2D eigenvalue weighted by Gasteiger charge is 2.03. The van der Waals surface area contributed by atoms with Gasteiger partial charge in [-0.3, -0.25) is 0 Å². The molecule has 1 nitrogen and oxygen atoms in total. The third kappa shape index (κ3) is 3.26. The number of halogens is 1. The average molecular weight is 261 g/mol. The second-order valence-electron chi connectivity index (χ2n) is 4.47. The van der Waals surface area contributed by atoms with Crippen molar-refractivity contribution in [3.63, 3.8) is 0 Å². The summed E-state index contributed by atoms with van der Waals surface area (Å²) < 4.78 is 12.9. The van der Waals surface area contributed by atoms with E-state index in [4.69, 9.17) is 5.73 Å². The monoisotopic (exact) mass is 261 g/mol. The molecule has 0 fully saturated rings. The van der Waals surface area contributed by atoms with E-state index in [9.17, 15) is 4.39 Å². The van der Waals surface area contributed by atoms with Crippen LogP contribution in [0.5, 0.6) is 0 Å². The molecular weight excluding hydrogens is 245 g/mol. The van der Waals surface area contributed by atoms with Crippen LogP contribution >= 0.6 is 11.8 Å². The van der Waals surface area contributed by atoms with E-state index in [0.29, 0.717) is 5.69 Å². The van der Waals surface area contributed by atoms with E-state index in [0.717, 1.165) is 10.6 Å². The Morgan fingerprint density at radius 3 is 2.33 bits per heavy atom. The van der Waals surface area contributed by atoms with Crippen molar-refractivity contribution >= 4 is 17.4 Å². The van der Waals surface area contributed by atoms with Crippen LogP contribution < -0.4 is 5.73 Å². The van der Waals surface area contributed by atoms with Crippen LogP contribution in [0.4, 0.5) is 10.1 Å². The number of hydrogen-bond acceptors (Lipinski definition) is 2. The summed E-state index contributed by atoms with van der Waals surface area (Å²) in [5.74, 6) is 0.557. The summed E-state index contributed by atoms with van der Waals surface area (Å²) in [5, 5.41) is 0. The lowest BCUT2D eigenvalue weighted by molar-refractivity contribution is 0.627. The number of nitrogen functional groups attached to an aromatic ring is 1. The number of thioether (sulfide) groups is 1. The zero-order chi connectivity index (χ0) is 13.1. The maximum Gasteiger partial charge on any atom is 0.125 e. The van der Waals surface area contributed by atoms with Crippen LogP contribution in [0, 0.1) is 19.7 Å². The second-order valence-corrected chi connectivity index (χ2v) is 5.48. The highest BCUT2D eigenvalue weighted by molar-refractivity contribution is 7.98. The first-order valence-electron chi connectivity index (χ1n) is 5.79. The molecule has 0 aromatic heterocycles. The summed E-state index contributed by atoms with van der Waals surface area (Å²) in [6, 6.07) is 11.0. The summed E-state index contributed by atoms with van der Waals surface area (Å²) in [4.78, 5) is 0.926. The van der Waals surface area contributed by atoms with E-state index in [2.05, 4.69) is 32.0 Å². The van der Waals surface area contributed by atoms with Gasteiger partial charge in [0.1, 0.15) is 5.82 Å². The Morgan fingerprint density at radius 1 is 1.06 bits per heavy atom. The predicted molar refractivity (Wildman–Crippen MR) is 76.3 cm³/mol. The van der Waals surface area contributed by atoms with Crippen molar-refractivity contribution in [2.75, 3.05) is 5.73 Å². The van der Waals surface area contributed by atoms with Crippen molar-refractivity contribution < 1.29 is 4.39 Å². The van der Waals surface area contributed by atoms with Gasteiger partial charge in [0.2, 0.25) is 0 Å². The minimum Gasteiger partial charge on any atom is -0.398 e. The lowest BCUT2D eigenvalue weighted by Gasteiger charge is -2.07. The van der Waals surface area contributed by atoms with Gasteiger partial charge in [0.05, 0.1) is 0 Å². The van der Waals surface area contributed by atoms with Crippen molar-refractivity contribution in [1.82, 2.24) is 0 Å². The summed E-state index contributed by atoms with van der Waals surface area (Å²) in [6.45, 7) is 4.18. The normalized spacial score (nSPS) is 10.6. The topological polar surface area (TPSA) is 26.0 Å². The lowest BCUT2D eigenvalue weighted by Crippen LogP contribution is -1.91. The van der Waals surface area contributed by atoms with Gasteiger partial charge in [0.25, 0.3) is 0 Å². The van der Waals surface area contributed by atoms with Gasteiger partial charge in [-0.25, -0.2) is 4.39 Å². The Labute approximate surface area is 111 Å². The van der Waals surface area contributed by atoms with E-state index >= 15 is 0 Å². The fraction of sp³-hybridized carbons (Fsp3) is 0.200. The molecule has 0 saturated carbocycles. The highest BCUT2D eigenvalue weighted by atomic mass is 32.2. The van der Waals surface area contributed by atoms with Gasteiger partial charge < -0.3 is 5.73 Å². The van der Waals surface area contributed by atoms with E-state index < -0.39 is 0 Å². The van der Waals surface area contributed by atoms with Crippen molar-refractivity contribution in [3.05, 3.63) is 58.9 Å². The van der Waals surface area contributed by atoms with E-state index in [1.165, 1.54) is 28.8 Å². The first kappa shape index (κ1) is 13.0. The molecular formula is C15H16FNS. The quantitative estimate of drug-likeness (QED) is 0.658. The van der Waals surface area contributed by atoms with Crippen LogP contribution in [-0.2, 0) is 5.75 Å². The lowest BCUT2D eigenvalue weighted by atomic mass is 10.1. The highest BCUT2D eigenvalue weighted by Crippen LogP contribution is 2.29. The smallest absolute Gasteiger partial charge is 0.125 e. The third-order valence-corrected chi connectivity index (χ3v) is 3.81. The fourth-order valence-corrected chi connectivity index (χ4v) is 2.84. The predicted octanol–water partition coefficient (Wildman–Crippen LogP) is 4.32. The largest absolute Gasteiger partial charge is 0.398 e. The Kier molecular flexibility index (Phi) is 3.92. The van der Waals surface area contributed by atoms with Gasteiger partial charge in [-0.2, -0.15) is 0 Å². The number of hydrogen-bond donors (Lipinski definition) is 1. The summed E-state index contributed by atoms with van der Waals surface area (Å²) in [7, 11) is 0. The number of rotatable bonds is 3. The van der Waals surface area contributed by atoms with Crippen LogP contribution in [0.15, 0.2) is 41.3 Å². The third-order valence-electron chi connectivity index (χ3n) is 2.65. The van der Waals surface area contributed by atoms with Crippen molar-refractivity contribution in [2.45, 2.75) is 24.5 Å². The standard InChI is InChI=1S/C15H16FNS/c1-10-5-11(2)7-12(6-10)9-18-15-4-3-13(16)8-14(15)17/h3-8H,9,17H2,1-2H3. The molecule has 0 saturated heterocycles. The molecule has 3 heteroatoms. The minimum absolute atomic E-state index is 0.289. The molecule has 0 aliphatic heterocycles. The second kappa shape index (κ2) is 5.44. The Balaban J connectivity index is 2.11. The summed E-state index contributed by atoms with van der Waals surface area (Å²) in [5.41, 5.74) is 10.1. The zero-order valence-electron chi connectivity index (χ0n) is 10.5. The molecule has 2 aromatic carbocycles. The molecule has 0 atom stereocenters. The maximum absolute atomic E-state index is 12.9. The molecule has 0 amide bonds. The number of benzene rings is 2. The molecule has 2 N–H and O–H groups in total. The van der Waals surface area contributed by atoms with Crippen LogP contribution in [0.1, 0.15) is 16.7 Å². The molecule has 0 spiro atoms. The van der Waals surface area contributed by atoms with Gasteiger partial charge >= 0.3 is 0 Å². The SMILES string of the molecule is Cc1cc(C)cc(CSc2ccc(F)cc2N)c1. The van der Waals surface area contributed by atoms with Gasteiger partial charge in [-0.15, -0.1) is 11.8 Å². The Hall–Kier alpha value is -1.48. The first-order chi connectivity index (χ1) is 8.54. The average Bonchev–Trinajstić information content (AvgIpc) is 2.26. The van der Waals surface area contributed by atoms with Crippen molar-refractivity contribution in [3.8, 4) is 0 Å². The van der Waals surface area contributed by atoms with Gasteiger partial charge in [-0.05, 0) is 37.6 Å². The van der Waals surface area contributed by atoms with Crippen LogP contribution in [0.2, 0.25) is 0 Å². The molecule has 0 radical (unpaired) electrons. The first-order valence-corrected chi connectivity index (χ1v) is 6.78. The molecule has 94 valence electrons. The van der Waals surface area contributed by atoms with Gasteiger partial charge in [0.15, 0.2) is 0 Å². The van der Waals surface area contributed by atoms with E-state index in [1.54, 1.807) is 17.8 Å². The van der Waals surface area contributed by atoms with Gasteiger partial charge in [0, 0.05) is 16.3 Å². The van der Waals surface area contributed by atoms with Crippen molar-refractivity contribution in [1.29, 1.82) is 0 Å². The van der Waals surface area contributed by atoms with Crippen LogP contribution in [-0.4, -0.2) is 0 Å². The number of anilines is 1. The Bertz CT molecular complexity index is 546. The van der Waals surface area contributed by atoms with Crippen molar-refractivity contribution in [2.24, 2.45) is 0 Å². The fourth-order valence-electron chi connectivity index (χ4n) is 1.96. The maximum atomic E-state index is 12.9. The van der Waals surface area contributed by atoms with Crippen LogP contribution in [0.3, 0.4) is 0 Å². The number of aryl methyl sites for hydroxylation is 2. The molecule has 18 heavy (non-hydrogen) atoms. The summed E-state index contributed by atoms with van der Waals surface area (Å²) in [6.07, 6.45) is 0. The van der Waals surface area contributed by atoms with Gasteiger partial charge in [-0.1, -0.05) is 29.3 Å². The molecule has 0 aliphatic carbocycles. The number of nitrogens with two attached hydrogens (primary N) is 1. The molecule has 0 heterocycles. The Morgan fingerprint density at radius 2 is 1.72 bits per heavy atom. The molecule has 0 aliphatic rings. The molecule has 0 bridgehead atoms. The van der Waals surface area contributed by atoms with E-state index in [1.807, 2.05) is 0 Å². The molecule has 2 aromatic rings. The summed E-state index contributed by atoms with van der Waals surface area (Å²) >= 11 is 1.63. The minimum atomic E-state index is -0.289.